The van der Waals surface area contributed by atoms with Gasteiger partial charge in [0.2, 0.25) is 0 Å². The van der Waals surface area contributed by atoms with Crippen molar-refractivity contribution in [3.8, 4) is 17.5 Å². The summed E-state index contributed by atoms with van der Waals surface area (Å²) >= 11 is 0. The van der Waals surface area contributed by atoms with Gasteiger partial charge in [0, 0.05) is 0 Å². The number of nitrogens with zero attached hydrogens (tertiary/aromatic N) is 2. The highest BCUT2D eigenvalue weighted by Crippen LogP contribution is 2.26. The predicted octanol–water partition coefficient (Wildman–Crippen LogP) is 2.52. The van der Waals surface area contributed by atoms with Crippen LogP contribution in [0.1, 0.15) is 18.3 Å². The first-order valence-electron chi connectivity index (χ1n) is 7.58. The summed E-state index contributed by atoms with van der Waals surface area (Å²) in [5, 5.41) is 2.77. The summed E-state index contributed by atoms with van der Waals surface area (Å²) in [5.74, 6) is 0.772. The van der Waals surface area contributed by atoms with Gasteiger partial charge in [-0.05, 0) is 32.9 Å². The highest BCUT2D eigenvalue weighted by atomic mass is 16.5. The predicted molar refractivity (Wildman–Crippen MR) is 89.8 cm³/mol. The third-order valence-corrected chi connectivity index (χ3v) is 3.22. The van der Waals surface area contributed by atoms with E-state index in [0.717, 1.165) is 0 Å². The molecule has 0 fully saturated rings. The molecule has 0 aliphatic carbocycles. The summed E-state index contributed by atoms with van der Waals surface area (Å²) in [7, 11) is 1.55. The molecule has 0 radical (unpaired) electrons. The summed E-state index contributed by atoms with van der Waals surface area (Å²) in [6.45, 7) is 5.77. The van der Waals surface area contributed by atoms with E-state index < -0.39 is 0 Å². The zero-order valence-electron chi connectivity index (χ0n) is 14.3. The van der Waals surface area contributed by atoms with Crippen LogP contribution in [-0.4, -0.2) is 36.2 Å². The molecule has 7 nitrogen and oxygen atoms in total. The molecule has 0 atom stereocenters. The monoisotopic (exact) mass is 331 g/mol. The number of methoxy groups -OCH3 is 1. The third kappa shape index (κ3) is 4.34. The van der Waals surface area contributed by atoms with E-state index in [1.54, 1.807) is 33.1 Å². The average Bonchev–Trinajstić information content (AvgIpc) is 2.57. The molecule has 0 saturated carbocycles. The number of amides is 1. The first-order chi connectivity index (χ1) is 11.5. The van der Waals surface area contributed by atoms with E-state index in [9.17, 15) is 4.79 Å². The number of hydrogen-bond donors (Lipinski definition) is 1. The van der Waals surface area contributed by atoms with Gasteiger partial charge >= 0.3 is 6.01 Å². The molecule has 7 heteroatoms. The maximum Gasteiger partial charge on any atom is 0.316 e. The van der Waals surface area contributed by atoms with E-state index in [2.05, 4.69) is 15.3 Å². The van der Waals surface area contributed by atoms with E-state index in [1.807, 2.05) is 19.1 Å². The van der Waals surface area contributed by atoms with Crippen LogP contribution in [0.4, 0.5) is 5.69 Å². The number of aryl methyl sites for hydroxylation is 2. The molecule has 1 aromatic heterocycles. The topological polar surface area (TPSA) is 82.6 Å². The van der Waals surface area contributed by atoms with E-state index >= 15 is 0 Å². The average molecular weight is 331 g/mol. The van der Waals surface area contributed by atoms with Gasteiger partial charge in [-0.15, -0.1) is 0 Å². The smallest absolute Gasteiger partial charge is 0.316 e. The molecule has 0 aliphatic heterocycles. The lowest BCUT2D eigenvalue weighted by Gasteiger charge is -2.13. The lowest BCUT2D eigenvalue weighted by molar-refractivity contribution is -0.118. The molecule has 128 valence electrons. The van der Waals surface area contributed by atoms with Crippen molar-refractivity contribution in [2.24, 2.45) is 0 Å². The summed E-state index contributed by atoms with van der Waals surface area (Å²) in [5.41, 5.74) is 1.83. The Bertz CT molecular complexity index is 696. The summed E-state index contributed by atoms with van der Waals surface area (Å²) in [6, 6.07) is 7.45. The van der Waals surface area contributed by atoms with E-state index in [1.165, 1.54) is 0 Å². The van der Waals surface area contributed by atoms with Gasteiger partial charge in [0.1, 0.15) is 0 Å². The Hall–Kier alpha value is -2.83. The number of rotatable bonds is 7. The van der Waals surface area contributed by atoms with Gasteiger partial charge in [0.25, 0.3) is 5.91 Å². The van der Waals surface area contributed by atoms with Crippen LogP contribution in [-0.2, 0) is 4.79 Å². The highest BCUT2D eigenvalue weighted by Gasteiger charge is 2.13. The molecule has 1 aromatic carbocycles. The maximum atomic E-state index is 12.1. The van der Waals surface area contributed by atoms with Crippen molar-refractivity contribution in [1.82, 2.24) is 9.97 Å². The zero-order valence-corrected chi connectivity index (χ0v) is 14.3. The minimum atomic E-state index is -0.306. The molecular formula is C17H21N3O4. The van der Waals surface area contributed by atoms with Crippen LogP contribution in [0.5, 0.6) is 17.5 Å². The minimum Gasteiger partial charge on any atom is -0.493 e. The first kappa shape index (κ1) is 17.5. The Kier molecular flexibility index (Phi) is 5.95. The lowest BCUT2D eigenvalue weighted by atomic mass is 10.3. The standard InChI is InChI=1S/C17H21N3O4/c1-5-23-17-18-11(2)16(12(3)19-17)20-15(21)10-24-14-9-7-6-8-13(14)22-4/h6-9H,5,10H2,1-4H3,(H,20,21). The van der Waals surface area contributed by atoms with E-state index in [-0.39, 0.29) is 12.5 Å². The Morgan fingerprint density at radius 3 is 2.29 bits per heavy atom. The van der Waals surface area contributed by atoms with Crippen LogP contribution in [0.2, 0.25) is 0 Å². The molecule has 0 spiro atoms. The Morgan fingerprint density at radius 1 is 1.08 bits per heavy atom. The van der Waals surface area contributed by atoms with Crippen molar-refractivity contribution in [2.45, 2.75) is 20.8 Å². The van der Waals surface area contributed by atoms with Crippen LogP contribution in [0.3, 0.4) is 0 Å². The molecule has 2 rings (SSSR count). The molecule has 1 amide bonds. The van der Waals surface area contributed by atoms with Crippen molar-refractivity contribution >= 4 is 11.6 Å². The van der Waals surface area contributed by atoms with Crippen molar-refractivity contribution in [3.05, 3.63) is 35.7 Å². The number of para-hydroxylation sites is 2. The van der Waals surface area contributed by atoms with Crippen molar-refractivity contribution in [3.63, 3.8) is 0 Å². The van der Waals surface area contributed by atoms with Crippen LogP contribution in [0.25, 0.3) is 0 Å². The Balaban J connectivity index is 2.02. The molecule has 0 saturated heterocycles. The number of carbonyl (C=O) groups is 1. The fraction of sp³-hybridized carbons (Fsp3) is 0.353. The summed E-state index contributed by atoms with van der Waals surface area (Å²) < 4.78 is 16.0. The van der Waals surface area contributed by atoms with Gasteiger partial charge in [-0.1, -0.05) is 12.1 Å². The third-order valence-electron chi connectivity index (χ3n) is 3.22. The fourth-order valence-corrected chi connectivity index (χ4v) is 2.12. The van der Waals surface area contributed by atoms with Crippen LogP contribution >= 0.6 is 0 Å². The van der Waals surface area contributed by atoms with Gasteiger partial charge in [-0.3, -0.25) is 4.79 Å². The fourth-order valence-electron chi connectivity index (χ4n) is 2.12. The summed E-state index contributed by atoms with van der Waals surface area (Å²) in [4.78, 5) is 20.6. The van der Waals surface area contributed by atoms with Crippen LogP contribution < -0.4 is 19.5 Å². The molecule has 0 aliphatic rings. The molecule has 1 N–H and O–H groups in total. The van der Waals surface area contributed by atoms with Crippen LogP contribution in [0, 0.1) is 13.8 Å². The quantitative estimate of drug-likeness (QED) is 0.839. The Labute approximate surface area is 141 Å². The second-order valence-corrected chi connectivity index (χ2v) is 4.97. The molecular weight excluding hydrogens is 310 g/mol. The highest BCUT2D eigenvalue weighted by molar-refractivity contribution is 5.93. The number of carbonyl (C=O) groups excluding carboxylic acids is 1. The lowest BCUT2D eigenvalue weighted by Crippen LogP contribution is -2.22. The second kappa shape index (κ2) is 8.14. The first-order valence-corrected chi connectivity index (χ1v) is 7.58. The number of ether oxygens (including phenoxy) is 3. The van der Waals surface area contributed by atoms with Crippen LogP contribution in [0.15, 0.2) is 24.3 Å². The second-order valence-electron chi connectivity index (χ2n) is 4.97. The number of hydrogen-bond acceptors (Lipinski definition) is 6. The molecule has 24 heavy (non-hydrogen) atoms. The normalized spacial score (nSPS) is 10.2. The van der Waals surface area contributed by atoms with Gasteiger partial charge in [0.05, 0.1) is 30.8 Å². The zero-order chi connectivity index (χ0) is 17.5. The van der Waals surface area contributed by atoms with Crippen molar-refractivity contribution < 1.29 is 19.0 Å². The number of anilines is 1. The molecule has 0 bridgehead atoms. The number of aromatic nitrogens is 2. The Morgan fingerprint density at radius 2 is 1.71 bits per heavy atom. The van der Waals surface area contributed by atoms with Gasteiger partial charge in [-0.25, -0.2) is 0 Å². The molecule has 0 unspecified atom stereocenters. The molecule has 1 heterocycles. The van der Waals surface area contributed by atoms with E-state index in [0.29, 0.717) is 41.2 Å². The van der Waals surface area contributed by atoms with Gasteiger partial charge in [0.15, 0.2) is 18.1 Å². The van der Waals surface area contributed by atoms with Crippen molar-refractivity contribution in [2.75, 3.05) is 25.6 Å². The van der Waals surface area contributed by atoms with Crippen molar-refractivity contribution in [1.29, 1.82) is 0 Å². The van der Waals surface area contributed by atoms with Gasteiger partial charge < -0.3 is 19.5 Å². The molecule has 2 aromatic rings. The number of nitrogens with one attached hydrogen (secondary N) is 1. The largest absolute Gasteiger partial charge is 0.493 e. The van der Waals surface area contributed by atoms with Gasteiger partial charge in [-0.2, -0.15) is 9.97 Å². The minimum absolute atomic E-state index is 0.146. The maximum absolute atomic E-state index is 12.1. The SMILES string of the molecule is CCOc1nc(C)c(NC(=O)COc2ccccc2OC)c(C)n1. The summed E-state index contributed by atoms with van der Waals surface area (Å²) in [6.07, 6.45) is 0. The number of benzene rings is 1. The van der Waals surface area contributed by atoms with E-state index in [4.69, 9.17) is 14.2 Å².